The van der Waals surface area contributed by atoms with Gasteiger partial charge in [-0.3, -0.25) is 9.78 Å². The van der Waals surface area contributed by atoms with E-state index in [1.165, 1.54) is 21.7 Å². The molecule has 4 heteroatoms. The smallest absolute Gasteiger partial charge is 0.179 e. The Kier molecular flexibility index (Phi) is 4.67. The average molecular weight is 491 g/mol. The van der Waals surface area contributed by atoms with E-state index < -0.39 is 0 Å². The van der Waals surface area contributed by atoms with Crippen molar-refractivity contribution >= 4 is 50.9 Å². The van der Waals surface area contributed by atoms with Crippen molar-refractivity contribution in [2.24, 2.45) is 0 Å². The van der Waals surface area contributed by atoms with Gasteiger partial charge >= 0.3 is 0 Å². The van der Waals surface area contributed by atoms with Gasteiger partial charge in [0.25, 0.3) is 0 Å². The minimum absolute atomic E-state index is 0.0170. The number of hydrogen-bond donors (Lipinski definition) is 2. The van der Waals surface area contributed by atoms with Crippen molar-refractivity contribution in [3.8, 4) is 0 Å². The number of hydrogen-bond acceptors (Lipinski definition) is 4. The van der Waals surface area contributed by atoms with Crippen molar-refractivity contribution in [3.05, 3.63) is 124 Å². The van der Waals surface area contributed by atoms with Crippen LogP contribution >= 0.6 is 0 Å². The minimum Gasteiger partial charge on any atom is -0.319 e. The monoisotopic (exact) mass is 490 g/mol. The molecule has 2 unspecified atom stereocenters. The highest BCUT2D eigenvalue weighted by Gasteiger charge is 2.28. The Hall–Kier alpha value is -4.54. The van der Waals surface area contributed by atoms with Gasteiger partial charge in [0.05, 0.1) is 17.2 Å². The van der Waals surface area contributed by atoms with Gasteiger partial charge in [-0.2, -0.15) is 0 Å². The van der Waals surface area contributed by atoms with Gasteiger partial charge < -0.3 is 5.43 Å². The highest BCUT2D eigenvalue weighted by Crippen LogP contribution is 2.39. The normalized spacial score (nSPS) is 19.6. The molecule has 2 N–H and O–H groups in total. The molecule has 1 aromatic heterocycles. The molecule has 1 radical (unpaired) electrons. The number of anilines is 1. The molecule has 2 atom stereocenters. The van der Waals surface area contributed by atoms with Gasteiger partial charge in [0, 0.05) is 17.6 Å². The van der Waals surface area contributed by atoms with Crippen LogP contribution in [0.4, 0.5) is 5.69 Å². The molecule has 0 bridgehead atoms. The number of nitrogens with zero attached hydrogens (tertiary/aromatic N) is 1. The molecule has 8 rings (SSSR count). The summed E-state index contributed by atoms with van der Waals surface area (Å²) in [5.41, 5.74) is 14.5. The lowest BCUT2D eigenvalue weighted by atomic mass is 9.81. The van der Waals surface area contributed by atoms with Crippen LogP contribution in [-0.4, -0.2) is 10.8 Å². The fraction of sp³-hybridized carbons (Fsp3) is 0.118. The summed E-state index contributed by atoms with van der Waals surface area (Å²) >= 11 is 0. The number of carbonyl (C=O) groups is 1. The van der Waals surface area contributed by atoms with E-state index in [9.17, 15) is 4.79 Å². The van der Waals surface area contributed by atoms with Gasteiger partial charge in [0.15, 0.2) is 5.78 Å². The Bertz CT molecular complexity index is 1950. The third kappa shape index (κ3) is 3.20. The van der Waals surface area contributed by atoms with Crippen molar-refractivity contribution in [2.45, 2.75) is 24.8 Å². The Balaban J connectivity index is 1.26. The minimum atomic E-state index is -0.187. The molecule has 0 amide bonds. The Morgan fingerprint density at radius 2 is 1.74 bits per heavy atom. The van der Waals surface area contributed by atoms with Crippen molar-refractivity contribution in [3.63, 3.8) is 0 Å². The van der Waals surface area contributed by atoms with Gasteiger partial charge in [-0.15, -0.1) is 0 Å². The number of pyridine rings is 1. The molecule has 3 aliphatic rings. The molecule has 5 aromatic rings. The first-order valence-electron chi connectivity index (χ1n) is 13.1. The van der Waals surface area contributed by atoms with Crippen LogP contribution in [0.3, 0.4) is 0 Å². The van der Waals surface area contributed by atoms with E-state index in [1.54, 1.807) is 18.3 Å². The molecule has 0 fully saturated rings. The molecule has 181 valence electrons. The van der Waals surface area contributed by atoms with Crippen molar-refractivity contribution in [1.82, 2.24) is 10.4 Å². The van der Waals surface area contributed by atoms with E-state index in [0.29, 0.717) is 5.92 Å². The summed E-state index contributed by atoms with van der Waals surface area (Å²) in [6.45, 7) is 0. The molecule has 2 heterocycles. The molecule has 0 saturated carbocycles. The predicted molar refractivity (Wildman–Crippen MR) is 153 cm³/mol. The third-order valence-electron chi connectivity index (χ3n) is 8.31. The lowest BCUT2D eigenvalue weighted by Gasteiger charge is -2.31. The molecule has 4 aromatic carbocycles. The second-order valence-electron chi connectivity index (χ2n) is 10.4. The predicted octanol–water partition coefficient (Wildman–Crippen LogP) is 5.12. The van der Waals surface area contributed by atoms with E-state index in [0.717, 1.165) is 56.7 Å². The van der Waals surface area contributed by atoms with Gasteiger partial charge in [0.2, 0.25) is 0 Å². The number of carbonyl (C=O) groups excluding carboxylic acids is 1. The quantitative estimate of drug-likeness (QED) is 0.361. The highest BCUT2D eigenvalue weighted by atomic mass is 16.1. The number of nitrogens with one attached hydrogen (secondary N) is 2. The summed E-state index contributed by atoms with van der Waals surface area (Å²) < 4.78 is 0. The molecule has 1 aliphatic heterocycles. The third-order valence-corrected chi connectivity index (χ3v) is 8.31. The number of aromatic nitrogens is 1. The molecular weight excluding hydrogens is 466 g/mol. The van der Waals surface area contributed by atoms with Crippen molar-refractivity contribution in [2.75, 3.05) is 5.43 Å². The molecule has 0 saturated heterocycles. The van der Waals surface area contributed by atoms with Crippen molar-refractivity contribution < 1.29 is 4.79 Å². The summed E-state index contributed by atoms with van der Waals surface area (Å²) in [4.78, 5) is 17.6. The average Bonchev–Trinajstić information content (AvgIpc) is 2.97. The molecular formula is C34H24N3O. The van der Waals surface area contributed by atoms with Crippen molar-refractivity contribution in [1.29, 1.82) is 0 Å². The number of rotatable bonds is 2. The van der Waals surface area contributed by atoms with Gasteiger partial charge in [-0.25, -0.2) is 5.43 Å². The maximum absolute atomic E-state index is 13.1. The summed E-state index contributed by atoms with van der Waals surface area (Å²) in [6.07, 6.45) is 9.70. The van der Waals surface area contributed by atoms with Crippen LogP contribution in [0, 0.1) is 6.07 Å². The summed E-state index contributed by atoms with van der Waals surface area (Å²) in [5, 5.41) is 5.71. The fourth-order valence-electron chi connectivity index (χ4n) is 6.55. The maximum Gasteiger partial charge on any atom is 0.179 e. The van der Waals surface area contributed by atoms with E-state index in [2.05, 4.69) is 88.6 Å². The Labute approximate surface area is 220 Å². The SMILES string of the molecule is O=C1C=C(C2NNc3[c]cnc4cccc2c34)c2ccc3c4c(ccc3c2=C1)CC(c1ccccc1)CC=4. The standard InChI is InChI=1S/C34H24N3O/c38-23-18-29-26-12-10-22-17-21(20-5-2-1-3-6-20)9-11-24(22)25(26)13-14-27(29)30(19-23)34-28-7-4-8-31-33(28)32(36-37-34)15-16-35-31/h1-8,10-14,16,18-19,21,34,36-37H,9,17H2. The zero-order chi connectivity index (χ0) is 25.2. The number of ketones is 1. The van der Waals surface area contributed by atoms with Gasteiger partial charge in [-0.05, 0) is 86.0 Å². The largest absolute Gasteiger partial charge is 0.319 e. The number of allylic oxidation sites excluding steroid dienone is 1. The zero-order valence-electron chi connectivity index (χ0n) is 20.7. The molecule has 38 heavy (non-hydrogen) atoms. The first-order chi connectivity index (χ1) is 18.7. The highest BCUT2D eigenvalue weighted by molar-refractivity contribution is 6.20. The van der Waals surface area contributed by atoms with Crippen LogP contribution in [-0.2, 0) is 11.2 Å². The van der Waals surface area contributed by atoms with E-state index in [4.69, 9.17) is 0 Å². The van der Waals surface area contributed by atoms with Crippen LogP contribution in [0.5, 0.6) is 0 Å². The number of hydrazine groups is 1. The van der Waals surface area contributed by atoms with Crippen LogP contribution < -0.4 is 21.3 Å². The first-order valence-corrected chi connectivity index (χ1v) is 13.1. The number of benzene rings is 4. The van der Waals surface area contributed by atoms with Crippen LogP contribution in [0.15, 0.2) is 85.1 Å². The maximum atomic E-state index is 13.1. The first kappa shape index (κ1) is 21.5. The van der Waals surface area contributed by atoms with E-state index in [1.807, 2.05) is 12.1 Å². The summed E-state index contributed by atoms with van der Waals surface area (Å²) in [6, 6.07) is 28.8. The fourth-order valence-corrected chi connectivity index (χ4v) is 6.55. The lowest BCUT2D eigenvalue weighted by molar-refractivity contribution is -0.109. The topological polar surface area (TPSA) is 54.0 Å². The van der Waals surface area contributed by atoms with Crippen LogP contribution in [0.2, 0.25) is 0 Å². The Morgan fingerprint density at radius 3 is 2.66 bits per heavy atom. The van der Waals surface area contributed by atoms with Crippen LogP contribution in [0.1, 0.15) is 40.6 Å². The van der Waals surface area contributed by atoms with Gasteiger partial charge in [0.1, 0.15) is 0 Å². The molecule has 0 spiro atoms. The molecule has 2 aliphatic carbocycles. The second-order valence-corrected chi connectivity index (χ2v) is 10.4. The Morgan fingerprint density at radius 1 is 0.868 bits per heavy atom. The lowest BCUT2D eigenvalue weighted by Crippen LogP contribution is -2.34. The van der Waals surface area contributed by atoms with Crippen LogP contribution in [0.25, 0.3) is 39.4 Å². The summed E-state index contributed by atoms with van der Waals surface area (Å²) in [7, 11) is 0. The molecule has 4 nitrogen and oxygen atoms in total. The summed E-state index contributed by atoms with van der Waals surface area (Å²) in [5.74, 6) is 0.520. The van der Waals surface area contributed by atoms with E-state index in [-0.39, 0.29) is 11.8 Å². The number of fused-ring (bicyclic) bond motifs is 5. The van der Waals surface area contributed by atoms with E-state index >= 15 is 0 Å². The second kappa shape index (κ2) is 8.23. The zero-order valence-corrected chi connectivity index (χ0v) is 20.7. The van der Waals surface area contributed by atoms with Gasteiger partial charge in [-0.1, -0.05) is 72.8 Å².